The van der Waals surface area contributed by atoms with Gasteiger partial charge in [0.1, 0.15) is 5.69 Å². The van der Waals surface area contributed by atoms with Gasteiger partial charge in [0.15, 0.2) is 0 Å². The van der Waals surface area contributed by atoms with E-state index in [1.807, 2.05) is 0 Å². The van der Waals surface area contributed by atoms with E-state index in [0.29, 0.717) is 6.42 Å². The Hall–Kier alpha value is -2.64. The van der Waals surface area contributed by atoms with Crippen LogP contribution in [0.4, 0.5) is 11.4 Å². The second-order valence-electron chi connectivity index (χ2n) is 3.97. The number of anilines is 1. The van der Waals surface area contributed by atoms with E-state index in [1.165, 1.54) is 19.2 Å². The van der Waals surface area contributed by atoms with Crippen LogP contribution in [0.25, 0.3) is 0 Å². The molecule has 0 atom stereocenters. The average Bonchev–Trinajstić information content (AvgIpc) is 2.43. The van der Waals surface area contributed by atoms with E-state index in [-0.39, 0.29) is 35.9 Å². The summed E-state index contributed by atoms with van der Waals surface area (Å²) in [6, 6.07) is 3.82. The molecule has 0 unspecified atom stereocenters. The lowest BCUT2D eigenvalue weighted by Crippen LogP contribution is -2.25. The number of esters is 1. The number of nitrogens with one attached hydrogen (secondary N) is 1. The number of ether oxygens (including phenoxy) is 1. The van der Waals surface area contributed by atoms with Gasteiger partial charge < -0.3 is 15.8 Å². The van der Waals surface area contributed by atoms with Gasteiger partial charge in [0.2, 0.25) is 0 Å². The number of nitro groups is 1. The van der Waals surface area contributed by atoms with E-state index in [1.54, 1.807) is 0 Å². The third-order valence-corrected chi connectivity index (χ3v) is 2.56. The quantitative estimate of drug-likeness (QED) is 0.262. The zero-order valence-corrected chi connectivity index (χ0v) is 10.9. The van der Waals surface area contributed by atoms with Gasteiger partial charge in [0, 0.05) is 24.6 Å². The number of hydrogen-bond acceptors (Lipinski definition) is 6. The molecule has 3 N–H and O–H groups in total. The van der Waals surface area contributed by atoms with Gasteiger partial charge in [0.25, 0.3) is 11.6 Å². The van der Waals surface area contributed by atoms with Crippen molar-refractivity contribution in [1.82, 2.24) is 5.32 Å². The molecular formula is C12H15N3O5. The first-order valence-corrected chi connectivity index (χ1v) is 5.84. The number of rotatable bonds is 6. The molecule has 1 aromatic carbocycles. The highest BCUT2D eigenvalue weighted by molar-refractivity contribution is 5.95. The minimum atomic E-state index is -0.649. The minimum absolute atomic E-state index is 0.00255. The lowest BCUT2D eigenvalue weighted by atomic mass is 10.1. The third-order valence-electron chi connectivity index (χ3n) is 2.56. The molecule has 0 radical (unpaired) electrons. The summed E-state index contributed by atoms with van der Waals surface area (Å²) in [5.74, 6) is -0.819. The number of benzene rings is 1. The van der Waals surface area contributed by atoms with Crippen molar-refractivity contribution in [2.45, 2.75) is 12.8 Å². The molecule has 1 amide bonds. The molecule has 0 aromatic heterocycles. The minimum Gasteiger partial charge on any atom is -0.469 e. The van der Waals surface area contributed by atoms with Crippen molar-refractivity contribution in [3.63, 3.8) is 0 Å². The number of hydrogen-bond donors (Lipinski definition) is 2. The molecular weight excluding hydrogens is 266 g/mol. The molecule has 0 aliphatic carbocycles. The molecule has 0 spiro atoms. The van der Waals surface area contributed by atoms with Gasteiger partial charge in [-0.25, -0.2) is 0 Å². The number of nitrogens with zero attached hydrogens (tertiary/aromatic N) is 1. The highest BCUT2D eigenvalue weighted by atomic mass is 16.6. The molecule has 0 heterocycles. The molecule has 8 heteroatoms. The molecule has 0 bridgehead atoms. The Labute approximate surface area is 115 Å². The topological polar surface area (TPSA) is 125 Å². The number of nitrogen functional groups attached to an aromatic ring is 1. The van der Waals surface area contributed by atoms with Gasteiger partial charge >= 0.3 is 5.97 Å². The number of carbonyl (C=O) groups is 2. The molecule has 0 aliphatic heterocycles. The molecule has 8 nitrogen and oxygen atoms in total. The predicted molar refractivity (Wildman–Crippen MR) is 71.1 cm³/mol. The maximum absolute atomic E-state index is 11.8. The van der Waals surface area contributed by atoms with Crippen LogP contribution in [0.5, 0.6) is 0 Å². The SMILES string of the molecule is COC(=O)CCCNC(=O)c1ccc(N)c([N+](=O)[O-])c1. The fourth-order valence-electron chi connectivity index (χ4n) is 1.48. The van der Waals surface area contributed by atoms with E-state index < -0.39 is 10.8 Å². The zero-order valence-electron chi connectivity index (χ0n) is 10.9. The molecule has 0 fully saturated rings. The van der Waals surface area contributed by atoms with Crippen molar-refractivity contribution in [2.75, 3.05) is 19.4 Å². The summed E-state index contributed by atoms with van der Waals surface area (Å²) < 4.78 is 4.46. The molecule has 1 rings (SSSR count). The maximum atomic E-state index is 11.8. The zero-order chi connectivity index (χ0) is 15.1. The predicted octanol–water partition coefficient (Wildman–Crippen LogP) is 0.860. The Morgan fingerprint density at radius 3 is 2.75 bits per heavy atom. The standard InChI is InChI=1S/C12H15N3O5/c1-20-11(16)3-2-6-14-12(17)8-4-5-9(13)10(7-8)15(18)19/h4-5,7H,2-3,6,13H2,1H3,(H,14,17). The van der Waals surface area contributed by atoms with Crippen molar-refractivity contribution in [3.8, 4) is 0 Å². The molecule has 0 aliphatic rings. The fraction of sp³-hybridized carbons (Fsp3) is 0.333. The van der Waals surface area contributed by atoms with Crippen LogP contribution >= 0.6 is 0 Å². The smallest absolute Gasteiger partial charge is 0.305 e. The van der Waals surface area contributed by atoms with Crippen LogP contribution in [0.3, 0.4) is 0 Å². The van der Waals surface area contributed by atoms with Gasteiger partial charge in [-0.1, -0.05) is 0 Å². The highest BCUT2D eigenvalue weighted by Gasteiger charge is 2.15. The van der Waals surface area contributed by atoms with Crippen LogP contribution in [0.15, 0.2) is 18.2 Å². The highest BCUT2D eigenvalue weighted by Crippen LogP contribution is 2.22. The third kappa shape index (κ3) is 4.23. The Balaban J connectivity index is 2.58. The van der Waals surface area contributed by atoms with Crippen LogP contribution < -0.4 is 11.1 Å². The van der Waals surface area contributed by atoms with E-state index in [4.69, 9.17) is 5.73 Å². The maximum Gasteiger partial charge on any atom is 0.305 e. The summed E-state index contributed by atoms with van der Waals surface area (Å²) in [4.78, 5) is 32.7. The number of carbonyl (C=O) groups excluding carboxylic acids is 2. The number of amides is 1. The van der Waals surface area contributed by atoms with E-state index in [2.05, 4.69) is 10.1 Å². The molecule has 20 heavy (non-hydrogen) atoms. The largest absolute Gasteiger partial charge is 0.469 e. The van der Waals surface area contributed by atoms with Crippen molar-refractivity contribution in [1.29, 1.82) is 0 Å². The fourth-order valence-corrected chi connectivity index (χ4v) is 1.48. The van der Waals surface area contributed by atoms with Crippen LogP contribution in [0.1, 0.15) is 23.2 Å². The summed E-state index contributed by atoms with van der Waals surface area (Å²) in [6.07, 6.45) is 0.619. The second kappa shape index (κ2) is 7.07. The van der Waals surface area contributed by atoms with E-state index in [0.717, 1.165) is 6.07 Å². The summed E-state index contributed by atoms with van der Waals surface area (Å²) in [5, 5.41) is 13.3. The summed E-state index contributed by atoms with van der Waals surface area (Å²) in [7, 11) is 1.29. The van der Waals surface area contributed by atoms with Crippen molar-refractivity contribution in [3.05, 3.63) is 33.9 Å². The van der Waals surface area contributed by atoms with E-state index >= 15 is 0 Å². The lowest BCUT2D eigenvalue weighted by Gasteiger charge is -2.05. The normalized spacial score (nSPS) is 9.85. The summed E-state index contributed by atoms with van der Waals surface area (Å²) in [6.45, 7) is 0.270. The van der Waals surface area contributed by atoms with Gasteiger partial charge in [0.05, 0.1) is 12.0 Å². The van der Waals surface area contributed by atoms with Crippen molar-refractivity contribution in [2.24, 2.45) is 0 Å². The van der Waals surface area contributed by atoms with Crippen LogP contribution in [0.2, 0.25) is 0 Å². The second-order valence-corrected chi connectivity index (χ2v) is 3.97. The Kier molecular flexibility index (Phi) is 5.45. The first kappa shape index (κ1) is 15.4. The average molecular weight is 281 g/mol. The molecule has 1 aromatic rings. The van der Waals surface area contributed by atoms with Crippen molar-refractivity contribution < 1.29 is 19.2 Å². The van der Waals surface area contributed by atoms with Crippen LogP contribution in [0, 0.1) is 10.1 Å². The molecule has 0 saturated carbocycles. The number of nitro benzene ring substituents is 1. The molecule has 108 valence electrons. The number of methoxy groups -OCH3 is 1. The Morgan fingerprint density at radius 2 is 2.15 bits per heavy atom. The monoisotopic (exact) mass is 281 g/mol. The number of nitrogens with two attached hydrogens (primary N) is 1. The van der Waals surface area contributed by atoms with Gasteiger partial charge in [-0.05, 0) is 18.6 Å². The van der Waals surface area contributed by atoms with E-state index in [9.17, 15) is 19.7 Å². The van der Waals surface area contributed by atoms with Crippen LogP contribution in [-0.4, -0.2) is 30.5 Å². The Bertz CT molecular complexity index is 530. The van der Waals surface area contributed by atoms with Crippen LogP contribution in [-0.2, 0) is 9.53 Å². The molecule has 0 saturated heterocycles. The van der Waals surface area contributed by atoms with Crippen molar-refractivity contribution >= 4 is 23.3 Å². The van der Waals surface area contributed by atoms with Gasteiger partial charge in [-0.15, -0.1) is 0 Å². The first-order valence-electron chi connectivity index (χ1n) is 5.84. The summed E-state index contributed by atoms with van der Waals surface area (Å²) in [5.41, 5.74) is 5.26. The lowest BCUT2D eigenvalue weighted by molar-refractivity contribution is -0.383. The van der Waals surface area contributed by atoms with Gasteiger partial charge in [-0.3, -0.25) is 19.7 Å². The Morgan fingerprint density at radius 1 is 1.45 bits per heavy atom. The summed E-state index contributed by atoms with van der Waals surface area (Å²) >= 11 is 0. The van der Waals surface area contributed by atoms with Gasteiger partial charge in [-0.2, -0.15) is 0 Å². The first-order chi connectivity index (χ1) is 9.45.